The third-order valence-corrected chi connectivity index (χ3v) is 5.20. The minimum absolute atomic E-state index is 0.0543. The fourth-order valence-corrected chi connectivity index (χ4v) is 3.83. The van der Waals surface area contributed by atoms with Crippen LogP contribution in [0.25, 0.3) is 22.0 Å². The van der Waals surface area contributed by atoms with Gasteiger partial charge in [0, 0.05) is 29.7 Å². The number of fused-ring (bicyclic) bond motifs is 1. The zero-order valence-corrected chi connectivity index (χ0v) is 15.7. The van der Waals surface area contributed by atoms with Crippen molar-refractivity contribution in [3.05, 3.63) is 46.5 Å². The number of morpholine rings is 1. The topological polar surface area (TPSA) is 65.6 Å². The first-order valence-corrected chi connectivity index (χ1v) is 9.12. The van der Waals surface area contributed by atoms with Crippen LogP contribution in [0.4, 0.5) is 14.5 Å². The van der Waals surface area contributed by atoms with Crippen LogP contribution in [0.5, 0.6) is 5.88 Å². The number of nitrogens with zero attached hydrogens (tertiary/aromatic N) is 1. The molecule has 5 nitrogen and oxygen atoms in total. The number of anilines is 1. The fourth-order valence-electron chi connectivity index (χ4n) is 3.57. The molecule has 0 amide bonds. The highest BCUT2D eigenvalue weighted by atomic mass is 35.5. The van der Waals surface area contributed by atoms with Crippen LogP contribution in [-0.2, 0) is 4.74 Å². The van der Waals surface area contributed by atoms with E-state index in [4.69, 9.17) is 16.3 Å². The summed E-state index contributed by atoms with van der Waals surface area (Å²) in [5.41, 5.74) is 0.724. The lowest BCUT2D eigenvalue weighted by atomic mass is 9.99. The van der Waals surface area contributed by atoms with Gasteiger partial charge in [-0.1, -0.05) is 11.6 Å². The normalized spacial score (nSPS) is 14.6. The number of Topliss-reactive ketones (excluding diaryl/α,β-unsaturated/α-hetero) is 1. The van der Waals surface area contributed by atoms with Crippen molar-refractivity contribution >= 4 is 34.0 Å². The Labute approximate surface area is 164 Å². The second kappa shape index (κ2) is 7.07. The van der Waals surface area contributed by atoms with Gasteiger partial charge < -0.3 is 19.7 Å². The minimum Gasteiger partial charge on any atom is -0.494 e. The third kappa shape index (κ3) is 3.10. The number of carbonyl (C=O) groups is 1. The van der Waals surface area contributed by atoms with Gasteiger partial charge >= 0.3 is 0 Å². The number of hydrogen-bond acceptors (Lipinski definition) is 4. The molecule has 0 bridgehead atoms. The van der Waals surface area contributed by atoms with E-state index in [1.807, 2.05) is 4.90 Å². The van der Waals surface area contributed by atoms with Crippen LogP contribution < -0.4 is 4.90 Å². The van der Waals surface area contributed by atoms with E-state index < -0.39 is 11.6 Å². The molecule has 2 N–H and O–H groups in total. The molecular weight excluding hydrogens is 390 g/mol. The summed E-state index contributed by atoms with van der Waals surface area (Å²) in [7, 11) is 0. The Hall–Kier alpha value is -2.64. The highest BCUT2D eigenvalue weighted by Crippen LogP contribution is 2.39. The molecule has 0 saturated carbocycles. The highest BCUT2D eigenvalue weighted by molar-refractivity contribution is 6.34. The van der Waals surface area contributed by atoms with E-state index in [0.717, 1.165) is 0 Å². The molecule has 0 spiro atoms. The van der Waals surface area contributed by atoms with Crippen LogP contribution in [-0.4, -0.2) is 42.2 Å². The molecule has 4 rings (SSSR count). The largest absolute Gasteiger partial charge is 0.494 e. The Morgan fingerprint density at radius 3 is 2.43 bits per heavy atom. The molecule has 2 heterocycles. The molecule has 0 aliphatic carbocycles. The molecule has 1 aliphatic rings. The molecular formula is C20H17ClF2N2O3. The number of rotatable bonds is 3. The molecule has 3 aromatic rings. The molecule has 1 aromatic heterocycles. The van der Waals surface area contributed by atoms with Crippen molar-refractivity contribution in [3.8, 4) is 17.0 Å². The van der Waals surface area contributed by atoms with E-state index in [-0.39, 0.29) is 33.4 Å². The van der Waals surface area contributed by atoms with Crippen molar-refractivity contribution in [2.24, 2.45) is 0 Å². The lowest BCUT2D eigenvalue weighted by Gasteiger charge is -2.29. The van der Waals surface area contributed by atoms with Gasteiger partial charge in [0.25, 0.3) is 0 Å². The number of nitrogens with one attached hydrogen (secondary N) is 1. The maximum Gasteiger partial charge on any atom is 0.200 e. The van der Waals surface area contributed by atoms with Crippen molar-refractivity contribution in [1.29, 1.82) is 0 Å². The average molecular weight is 407 g/mol. The highest BCUT2D eigenvalue weighted by Gasteiger charge is 2.22. The maximum absolute atomic E-state index is 14.9. The monoisotopic (exact) mass is 406 g/mol. The molecule has 0 atom stereocenters. The smallest absolute Gasteiger partial charge is 0.200 e. The molecule has 28 heavy (non-hydrogen) atoms. The lowest BCUT2D eigenvalue weighted by molar-refractivity contribution is 0.101. The fraction of sp³-hybridized carbons (Fsp3) is 0.250. The van der Waals surface area contributed by atoms with E-state index in [1.165, 1.54) is 31.2 Å². The van der Waals surface area contributed by atoms with E-state index in [2.05, 4.69) is 4.98 Å². The summed E-state index contributed by atoms with van der Waals surface area (Å²) in [5, 5.41) is 10.4. The summed E-state index contributed by atoms with van der Waals surface area (Å²) < 4.78 is 35.1. The number of hydrogen-bond donors (Lipinski definition) is 2. The second-order valence-electron chi connectivity index (χ2n) is 6.67. The average Bonchev–Trinajstić information content (AvgIpc) is 2.96. The first-order valence-electron chi connectivity index (χ1n) is 8.74. The summed E-state index contributed by atoms with van der Waals surface area (Å²) in [4.78, 5) is 16.4. The number of aromatic hydroxyl groups is 1. The number of aromatic amines is 1. The Bertz CT molecular complexity index is 1070. The SMILES string of the molecule is CC(=O)c1c(O)[nH]c2cc(Cl)c(-c3c(F)cc(N4CCOCC4)cc3F)cc12. The van der Waals surface area contributed by atoms with E-state index in [1.54, 1.807) is 0 Å². The van der Waals surface area contributed by atoms with Crippen LogP contribution >= 0.6 is 11.6 Å². The van der Waals surface area contributed by atoms with Gasteiger partial charge in [0.15, 0.2) is 5.78 Å². The Balaban J connectivity index is 1.86. The zero-order chi connectivity index (χ0) is 20.0. The standard InChI is InChI=1S/C20H17ClF2N2O3/c1-10(26)18-13-8-12(14(21)9-17(13)24-20(18)27)19-15(22)6-11(7-16(19)23)25-2-4-28-5-3-25/h6-9,24,27H,2-5H2,1H3. The van der Waals surface area contributed by atoms with Crippen molar-refractivity contribution in [1.82, 2.24) is 4.98 Å². The third-order valence-electron chi connectivity index (χ3n) is 4.89. The van der Waals surface area contributed by atoms with E-state index in [9.17, 15) is 18.7 Å². The summed E-state index contributed by atoms with van der Waals surface area (Å²) in [6.07, 6.45) is 0. The van der Waals surface area contributed by atoms with Gasteiger partial charge in [0.05, 0.1) is 34.9 Å². The van der Waals surface area contributed by atoms with Gasteiger partial charge in [-0.25, -0.2) is 8.78 Å². The summed E-state index contributed by atoms with van der Waals surface area (Å²) in [5.74, 6) is -2.20. The predicted octanol–water partition coefficient (Wildman–Crippen LogP) is 4.51. The van der Waals surface area contributed by atoms with Crippen LogP contribution in [0, 0.1) is 11.6 Å². The predicted molar refractivity (Wildman–Crippen MR) is 103 cm³/mol. The van der Waals surface area contributed by atoms with Crippen LogP contribution in [0.2, 0.25) is 5.02 Å². The molecule has 0 unspecified atom stereocenters. The zero-order valence-electron chi connectivity index (χ0n) is 15.0. The van der Waals surface area contributed by atoms with Crippen molar-refractivity contribution in [2.75, 3.05) is 31.2 Å². The number of H-pyrrole nitrogens is 1. The first kappa shape index (κ1) is 18.7. The summed E-state index contributed by atoms with van der Waals surface area (Å²) in [6.45, 7) is 3.40. The van der Waals surface area contributed by atoms with Gasteiger partial charge in [-0.05, 0) is 31.2 Å². The lowest BCUT2D eigenvalue weighted by Crippen LogP contribution is -2.36. The van der Waals surface area contributed by atoms with Crippen molar-refractivity contribution in [2.45, 2.75) is 6.92 Å². The first-order chi connectivity index (χ1) is 13.4. The van der Waals surface area contributed by atoms with E-state index >= 15 is 0 Å². The summed E-state index contributed by atoms with van der Waals surface area (Å²) in [6, 6.07) is 5.39. The van der Waals surface area contributed by atoms with Gasteiger partial charge in [-0.3, -0.25) is 4.79 Å². The summed E-state index contributed by atoms with van der Waals surface area (Å²) >= 11 is 6.26. The molecule has 0 radical (unpaired) electrons. The van der Waals surface area contributed by atoms with Crippen LogP contribution in [0.1, 0.15) is 17.3 Å². The van der Waals surface area contributed by atoms with E-state index in [0.29, 0.717) is 42.9 Å². The number of benzene rings is 2. The van der Waals surface area contributed by atoms with Gasteiger partial charge in [0.1, 0.15) is 11.6 Å². The second-order valence-corrected chi connectivity index (χ2v) is 7.07. The molecule has 2 aromatic carbocycles. The van der Waals surface area contributed by atoms with Crippen molar-refractivity contribution < 1.29 is 23.4 Å². The van der Waals surface area contributed by atoms with Gasteiger partial charge in [-0.15, -0.1) is 0 Å². The molecule has 1 aliphatic heterocycles. The molecule has 8 heteroatoms. The molecule has 1 fully saturated rings. The number of ketones is 1. The van der Waals surface area contributed by atoms with Crippen molar-refractivity contribution in [3.63, 3.8) is 0 Å². The Morgan fingerprint density at radius 2 is 1.82 bits per heavy atom. The maximum atomic E-state index is 14.9. The van der Waals surface area contributed by atoms with Gasteiger partial charge in [0.2, 0.25) is 5.88 Å². The Morgan fingerprint density at radius 1 is 1.18 bits per heavy atom. The van der Waals surface area contributed by atoms with Crippen LogP contribution in [0.3, 0.4) is 0 Å². The molecule has 1 saturated heterocycles. The van der Waals surface area contributed by atoms with Crippen LogP contribution in [0.15, 0.2) is 24.3 Å². The number of ether oxygens (including phenoxy) is 1. The quantitative estimate of drug-likeness (QED) is 0.628. The molecule has 146 valence electrons. The number of carbonyl (C=O) groups excluding carboxylic acids is 1. The number of halogens is 3. The van der Waals surface area contributed by atoms with Gasteiger partial charge in [-0.2, -0.15) is 0 Å². The minimum atomic E-state index is -0.758. The Kier molecular flexibility index (Phi) is 4.72. The number of aromatic nitrogens is 1.